The lowest BCUT2D eigenvalue weighted by molar-refractivity contribution is -0.129. The van der Waals surface area contributed by atoms with Gasteiger partial charge in [-0.15, -0.1) is 0 Å². The zero-order chi connectivity index (χ0) is 23.7. The molecular formula is C25H30N6O2. The van der Waals surface area contributed by atoms with Crippen molar-refractivity contribution in [2.24, 2.45) is 0 Å². The minimum absolute atomic E-state index is 0.0172. The second-order valence-electron chi connectivity index (χ2n) is 9.04. The smallest absolute Gasteiger partial charge is 0.256 e. The van der Waals surface area contributed by atoms with Gasteiger partial charge in [-0.25, -0.2) is 9.97 Å². The molecule has 1 atom stereocenters. The van der Waals surface area contributed by atoms with Gasteiger partial charge in [-0.05, 0) is 26.0 Å². The van der Waals surface area contributed by atoms with Crippen LogP contribution in [0.15, 0.2) is 42.6 Å². The third-order valence-electron chi connectivity index (χ3n) is 6.03. The van der Waals surface area contributed by atoms with Crippen molar-refractivity contribution in [1.29, 1.82) is 0 Å². The molecule has 8 nitrogen and oxygen atoms in total. The van der Waals surface area contributed by atoms with E-state index in [0.29, 0.717) is 29.9 Å². The number of likely N-dealkylation sites (tertiary alicyclic amines) is 1. The Kier molecular flexibility index (Phi) is 6.26. The van der Waals surface area contributed by atoms with Crippen LogP contribution in [0.1, 0.15) is 48.1 Å². The van der Waals surface area contributed by atoms with Crippen molar-refractivity contribution in [1.82, 2.24) is 24.8 Å². The molecule has 0 radical (unpaired) electrons. The standard InChI is InChI=1S/C25H30N6O2/c1-16(2)31-14-18(12-23(31)32)20-13-22(29(3)4)28-21(27-20)15-30(5)25(33)19-10-6-8-17-9-7-11-26-24(17)19/h6-11,13,16,18H,12,14-15H2,1-5H3/t18-/m0/s1. The zero-order valence-corrected chi connectivity index (χ0v) is 19.8. The average molecular weight is 447 g/mol. The molecule has 2 aromatic heterocycles. The lowest BCUT2D eigenvalue weighted by Gasteiger charge is -2.22. The van der Waals surface area contributed by atoms with E-state index in [1.54, 1.807) is 24.2 Å². The van der Waals surface area contributed by atoms with Crippen LogP contribution in [0.25, 0.3) is 10.9 Å². The summed E-state index contributed by atoms with van der Waals surface area (Å²) in [5.41, 5.74) is 2.07. The molecule has 8 heteroatoms. The maximum Gasteiger partial charge on any atom is 0.256 e. The summed E-state index contributed by atoms with van der Waals surface area (Å²) in [4.78, 5) is 45.0. The van der Waals surface area contributed by atoms with Gasteiger partial charge >= 0.3 is 0 Å². The number of hydrogen-bond donors (Lipinski definition) is 0. The van der Waals surface area contributed by atoms with Gasteiger partial charge in [-0.1, -0.05) is 18.2 Å². The molecule has 0 bridgehead atoms. The van der Waals surface area contributed by atoms with Crippen LogP contribution >= 0.6 is 0 Å². The number of amides is 2. The van der Waals surface area contributed by atoms with Crippen molar-refractivity contribution in [2.45, 2.75) is 38.8 Å². The van der Waals surface area contributed by atoms with Crippen molar-refractivity contribution in [3.8, 4) is 0 Å². The van der Waals surface area contributed by atoms with E-state index >= 15 is 0 Å². The third-order valence-corrected chi connectivity index (χ3v) is 6.03. The van der Waals surface area contributed by atoms with Gasteiger partial charge in [0.15, 0.2) is 0 Å². The van der Waals surface area contributed by atoms with Gasteiger partial charge in [0.05, 0.1) is 23.3 Å². The molecule has 2 amide bonds. The average Bonchev–Trinajstić information content (AvgIpc) is 3.20. The number of fused-ring (bicyclic) bond motifs is 1. The second-order valence-corrected chi connectivity index (χ2v) is 9.04. The first-order valence-electron chi connectivity index (χ1n) is 11.2. The quantitative estimate of drug-likeness (QED) is 0.579. The summed E-state index contributed by atoms with van der Waals surface area (Å²) in [7, 11) is 5.59. The first-order chi connectivity index (χ1) is 15.7. The molecule has 0 saturated carbocycles. The minimum atomic E-state index is -0.137. The van der Waals surface area contributed by atoms with E-state index in [2.05, 4.69) is 9.97 Å². The number of carbonyl (C=O) groups excluding carboxylic acids is 2. The van der Waals surface area contributed by atoms with Crippen LogP contribution in [0.2, 0.25) is 0 Å². The van der Waals surface area contributed by atoms with Crippen molar-refractivity contribution < 1.29 is 9.59 Å². The Morgan fingerprint density at radius 1 is 1.15 bits per heavy atom. The topological polar surface area (TPSA) is 82.5 Å². The highest BCUT2D eigenvalue weighted by Gasteiger charge is 2.33. The Hall–Kier alpha value is -3.55. The van der Waals surface area contributed by atoms with Crippen LogP contribution in [0.4, 0.5) is 5.82 Å². The molecular weight excluding hydrogens is 416 g/mol. The van der Waals surface area contributed by atoms with Crippen LogP contribution in [0.3, 0.4) is 0 Å². The minimum Gasteiger partial charge on any atom is -0.363 e. The van der Waals surface area contributed by atoms with E-state index in [1.807, 2.05) is 68.1 Å². The molecule has 0 unspecified atom stereocenters. The molecule has 1 saturated heterocycles. The fourth-order valence-electron chi connectivity index (χ4n) is 4.21. The van der Waals surface area contributed by atoms with Crippen LogP contribution in [-0.2, 0) is 11.3 Å². The fourth-order valence-corrected chi connectivity index (χ4v) is 4.21. The summed E-state index contributed by atoms with van der Waals surface area (Å²) >= 11 is 0. The zero-order valence-electron chi connectivity index (χ0n) is 19.8. The molecule has 1 aliphatic heterocycles. The molecule has 1 fully saturated rings. The number of para-hydroxylation sites is 1. The maximum absolute atomic E-state index is 13.3. The van der Waals surface area contributed by atoms with Crippen LogP contribution in [-0.4, -0.2) is 70.3 Å². The predicted octanol–water partition coefficient (Wildman–Crippen LogP) is 3.09. The van der Waals surface area contributed by atoms with E-state index in [4.69, 9.17) is 4.98 Å². The monoisotopic (exact) mass is 446 g/mol. The highest BCUT2D eigenvalue weighted by Crippen LogP contribution is 2.30. The van der Waals surface area contributed by atoms with E-state index < -0.39 is 0 Å². The van der Waals surface area contributed by atoms with Gasteiger partial charge in [0.1, 0.15) is 11.6 Å². The Labute approximate surface area is 194 Å². The van der Waals surface area contributed by atoms with E-state index in [0.717, 1.165) is 16.9 Å². The summed E-state index contributed by atoms with van der Waals surface area (Å²) < 4.78 is 0. The first kappa shape index (κ1) is 22.6. The Balaban J connectivity index is 1.61. The molecule has 3 heterocycles. The normalized spacial score (nSPS) is 16.0. The van der Waals surface area contributed by atoms with Gasteiger partial charge in [-0.2, -0.15) is 0 Å². The number of nitrogens with zero attached hydrogens (tertiary/aromatic N) is 6. The van der Waals surface area contributed by atoms with Crippen LogP contribution in [0.5, 0.6) is 0 Å². The number of benzene rings is 1. The molecule has 0 spiro atoms. The second kappa shape index (κ2) is 9.13. The van der Waals surface area contributed by atoms with Gasteiger partial charge in [0, 0.05) is 63.7 Å². The van der Waals surface area contributed by atoms with Crippen molar-refractivity contribution in [3.63, 3.8) is 0 Å². The Bertz CT molecular complexity index is 1190. The molecule has 33 heavy (non-hydrogen) atoms. The number of carbonyl (C=O) groups is 2. The fraction of sp³-hybridized carbons (Fsp3) is 0.400. The lowest BCUT2D eigenvalue weighted by Crippen LogP contribution is -2.32. The largest absolute Gasteiger partial charge is 0.363 e. The summed E-state index contributed by atoms with van der Waals surface area (Å²) in [6, 6.07) is 11.5. The first-order valence-corrected chi connectivity index (χ1v) is 11.2. The molecule has 4 rings (SSSR count). The van der Waals surface area contributed by atoms with E-state index in [1.165, 1.54) is 0 Å². The summed E-state index contributed by atoms with van der Waals surface area (Å²) in [5.74, 6) is 1.34. The van der Waals surface area contributed by atoms with Crippen LogP contribution < -0.4 is 4.90 Å². The number of hydrogen-bond acceptors (Lipinski definition) is 6. The molecule has 0 aliphatic carbocycles. The number of rotatable bonds is 6. The molecule has 172 valence electrons. The van der Waals surface area contributed by atoms with Gasteiger partial charge in [0.25, 0.3) is 5.91 Å². The van der Waals surface area contributed by atoms with Crippen molar-refractivity contribution >= 4 is 28.5 Å². The Morgan fingerprint density at radius 3 is 2.61 bits per heavy atom. The molecule has 1 aromatic carbocycles. The van der Waals surface area contributed by atoms with E-state index in [-0.39, 0.29) is 30.3 Å². The van der Waals surface area contributed by atoms with Gasteiger partial charge in [0.2, 0.25) is 5.91 Å². The summed E-state index contributed by atoms with van der Waals surface area (Å²) in [6.07, 6.45) is 2.14. The number of aromatic nitrogens is 3. The van der Waals surface area contributed by atoms with Crippen molar-refractivity contribution in [2.75, 3.05) is 32.6 Å². The van der Waals surface area contributed by atoms with Gasteiger partial charge in [-0.3, -0.25) is 14.6 Å². The van der Waals surface area contributed by atoms with Gasteiger partial charge < -0.3 is 14.7 Å². The number of anilines is 1. The Morgan fingerprint density at radius 2 is 1.91 bits per heavy atom. The maximum atomic E-state index is 13.3. The predicted molar refractivity (Wildman–Crippen MR) is 128 cm³/mol. The van der Waals surface area contributed by atoms with E-state index in [9.17, 15) is 9.59 Å². The summed E-state index contributed by atoms with van der Waals surface area (Å²) in [5, 5.41) is 0.922. The van der Waals surface area contributed by atoms with Crippen molar-refractivity contribution in [3.05, 3.63) is 59.7 Å². The summed E-state index contributed by atoms with van der Waals surface area (Å²) in [6.45, 7) is 4.96. The highest BCUT2D eigenvalue weighted by molar-refractivity contribution is 6.05. The molecule has 0 N–H and O–H groups in total. The lowest BCUT2D eigenvalue weighted by atomic mass is 10.0. The molecule has 3 aromatic rings. The van der Waals surface area contributed by atoms with Crippen LogP contribution in [0, 0.1) is 0 Å². The SMILES string of the molecule is CC(C)N1C[C@@H](c2cc(N(C)C)nc(CN(C)C(=O)c3cccc4cccnc34)n2)CC1=O. The molecule has 1 aliphatic rings. The highest BCUT2D eigenvalue weighted by atomic mass is 16.2. The third kappa shape index (κ3) is 4.65. The number of pyridine rings is 1.